The van der Waals surface area contributed by atoms with Gasteiger partial charge in [0.25, 0.3) is 5.17 Å². The van der Waals surface area contributed by atoms with Crippen LogP contribution in [0, 0.1) is 0 Å². The van der Waals surface area contributed by atoms with E-state index in [1.165, 1.54) is 14.2 Å². The SMILES string of the molecule is COC(COC(N)=S)OC. The molecule has 0 aromatic heterocycles. The Bertz CT molecular complexity index is 105. The van der Waals surface area contributed by atoms with Crippen molar-refractivity contribution < 1.29 is 14.2 Å². The van der Waals surface area contributed by atoms with Crippen LogP contribution in [0.25, 0.3) is 0 Å². The van der Waals surface area contributed by atoms with E-state index in [2.05, 4.69) is 12.2 Å². The molecule has 0 unspecified atom stereocenters. The number of hydrogen-bond acceptors (Lipinski definition) is 4. The minimum Gasteiger partial charge on any atom is -0.466 e. The van der Waals surface area contributed by atoms with Crippen LogP contribution in [0.1, 0.15) is 0 Å². The minimum absolute atomic E-state index is 0.000833. The van der Waals surface area contributed by atoms with Gasteiger partial charge >= 0.3 is 0 Å². The van der Waals surface area contributed by atoms with Gasteiger partial charge in [0.1, 0.15) is 6.61 Å². The lowest BCUT2D eigenvalue weighted by Crippen LogP contribution is -2.24. The zero-order valence-corrected chi connectivity index (χ0v) is 6.81. The Labute approximate surface area is 65.2 Å². The fourth-order valence-electron chi connectivity index (χ4n) is 0.382. The van der Waals surface area contributed by atoms with Crippen molar-refractivity contribution in [2.45, 2.75) is 6.29 Å². The van der Waals surface area contributed by atoms with Gasteiger partial charge in [-0.3, -0.25) is 0 Å². The van der Waals surface area contributed by atoms with Crippen molar-refractivity contribution in [3.63, 3.8) is 0 Å². The summed E-state index contributed by atoms with van der Waals surface area (Å²) in [6, 6.07) is 0. The molecule has 60 valence electrons. The lowest BCUT2D eigenvalue weighted by Gasteiger charge is -2.12. The van der Waals surface area contributed by atoms with Crippen LogP contribution in [-0.2, 0) is 14.2 Å². The van der Waals surface area contributed by atoms with E-state index in [4.69, 9.17) is 19.9 Å². The summed E-state index contributed by atoms with van der Waals surface area (Å²) in [5.74, 6) is 0. The molecule has 0 heterocycles. The van der Waals surface area contributed by atoms with Crippen molar-refractivity contribution in [2.75, 3.05) is 20.8 Å². The lowest BCUT2D eigenvalue weighted by atomic mass is 10.7. The summed E-state index contributed by atoms with van der Waals surface area (Å²) in [5.41, 5.74) is 5.05. The Morgan fingerprint density at radius 3 is 2.30 bits per heavy atom. The molecule has 0 aromatic rings. The fourth-order valence-corrected chi connectivity index (χ4v) is 0.451. The number of nitrogens with two attached hydrogens (primary N) is 1. The van der Waals surface area contributed by atoms with E-state index in [1.807, 2.05) is 0 Å². The molecule has 0 bridgehead atoms. The molecule has 0 saturated carbocycles. The predicted octanol–water partition coefficient (Wildman–Crippen LogP) is -0.134. The van der Waals surface area contributed by atoms with Crippen molar-refractivity contribution in [3.05, 3.63) is 0 Å². The normalized spacial score (nSPS) is 9.90. The van der Waals surface area contributed by atoms with Crippen molar-refractivity contribution >= 4 is 17.4 Å². The second kappa shape index (κ2) is 5.40. The summed E-state index contributed by atoms with van der Waals surface area (Å²) >= 11 is 4.45. The molecule has 0 saturated heterocycles. The van der Waals surface area contributed by atoms with Crippen LogP contribution in [0.15, 0.2) is 0 Å². The van der Waals surface area contributed by atoms with Crippen LogP contribution < -0.4 is 5.73 Å². The number of methoxy groups -OCH3 is 2. The molecule has 5 heteroatoms. The molecule has 0 fully saturated rings. The molecule has 0 radical (unpaired) electrons. The molecule has 0 aliphatic heterocycles. The molecule has 0 aromatic carbocycles. The van der Waals surface area contributed by atoms with Crippen LogP contribution in [0.3, 0.4) is 0 Å². The third kappa shape index (κ3) is 4.49. The van der Waals surface area contributed by atoms with Crippen LogP contribution in [0.2, 0.25) is 0 Å². The van der Waals surface area contributed by atoms with Crippen LogP contribution in [-0.4, -0.2) is 32.3 Å². The summed E-state index contributed by atoms with van der Waals surface area (Å²) in [6.07, 6.45) is -0.401. The van der Waals surface area contributed by atoms with E-state index in [-0.39, 0.29) is 11.8 Å². The van der Waals surface area contributed by atoms with Gasteiger partial charge in [0, 0.05) is 14.2 Å². The number of rotatable bonds is 4. The summed E-state index contributed by atoms with van der Waals surface area (Å²) in [5, 5.41) is -0.000833. The van der Waals surface area contributed by atoms with Gasteiger partial charge in [-0.2, -0.15) is 0 Å². The average Bonchev–Trinajstić information content (AvgIpc) is 1.90. The Hall–Kier alpha value is -0.390. The maximum atomic E-state index is 5.05. The van der Waals surface area contributed by atoms with E-state index in [9.17, 15) is 0 Å². The zero-order chi connectivity index (χ0) is 7.98. The predicted molar refractivity (Wildman–Crippen MR) is 40.5 cm³/mol. The van der Waals surface area contributed by atoms with Gasteiger partial charge in [-0.15, -0.1) is 0 Å². The first-order valence-electron chi connectivity index (χ1n) is 2.68. The van der Waals surface area contributed by atoms with Gasteiger partial charge in [-0.1, -0.05) is 0 Å². The number of hydrogen-bond donors (Lipinski definition) is 1. The van der Waals surface area contributed by atoms with E-state index in [0.29, 0.717) is 0 Å². The molecule has 4 nitrogen and oxygen atoms in total. The smallest absolute Gasteiger partial charge is 0.254 e. The van der Waals surface area contributed by atoms with E-state index < -0.39 is 6.29 Å². The molecule has 0 amide bonds. The lowest BCUT2D eigenvalue weighted by molar-refractivity contribution is -0.123. The van der Waals surface area contributed by atoms with Crippen molar-refractivity contribution in [3.8, 4) is 0 Å². The molecule has 0 aliphatic rings. The van der Waals surface area contributed by atoms with Gasteiger partial charge in [0.2, 0.25) is 0 Å². The molecule has 0 aliphatic carbocycles. The van der Waals surface area contributed by atoms with Crippen LogP contribution in [0.4, 0.5) is 0 Å². The number of thiocarbonyl (C=S) groups is 1. The third-order valence-corrected chi connectivity index (χ3v) is 1.01. The highest BCUT2D eigenvalue weighted by molar-refractivity contribution is 7.80. The van der Waals surface area contributed by atoms with E-state index >= 15 is 0 Å². The molecular formula is C5H11NO3S. The molecular weight excluding hydrogens is 154 g/mol. The molecule has 10 heavy (non-hydrogen) atoms. The highest BCUT2D eigenvalue weighted by atomic mass is 32.1. The Morgan fingerprint density at radius 2 is 2.00 bits per heavy atom. The maximum absolute atomic E-state index is 5.05. The van der Waals surface area contributed by atoms with Gasteiger partial charge in [-0.25, -0.2) is 0 Å². The molecule has 0 rings (SSSR count). The third-order valence-electron chi connectivity index (χ3n) is 0.887. The van der Waals surface area contributed by atoms with Crippen molar-refractivity contribution in [2.24, 2.45) is 5.73 Å². The Balaban J connectivity index is 3.34. The van der Waals surface area contributed by atoms with Gasteiger partial charge in [0.15, 0.2) is 6.29 Å². The number of ether oxygens (including phenoxy) is 3. The molecule has 0 atom stereocenters. The topological polar surface area (TPSA) is 53.7 Å². The summed E-state index contributed by atoms with van der Waals surface area (Å²) < 4.78 is 14.3. The van der Waals surface area contributed by atoms with Crippen molar-refractivity contribution in [1.29, 1.82) is 0 Å². The first-order valence-corrected chi connectivity index (χ1v) is 3.09. The van der Waals surface area contributed by atoms with E-state index in [1.54, 1.807) is 0 Å². The Kier molecular flexibility index (Phi) is 5.19. The highest BCUT2D eigenvalue weighted by Crippen LogP contribution is 1.90. The van der Waals surface area contributed by atoms with Crippen LogP contribution in [0.5, 0.6) is 0 Å². The summed E-state index contributed by atoms with van der Waals surface area (Å²) in [4.78, 5) is 0. The molecule has 2 N–H and O–H groups in total. The van der Waals surface area contributed by atoms with E-state index in [0.717, 1.165) is 0 Å². The summed E-state index contributed by atoms with van der Waals surface area (Å²) in [6.45, 7) is 0.225. The largest absolute Gasteiger partial charge is 0.466 e. The quantitative estimate of drug-likeness (QED) is 0.464. The first-order chi connectivity index (χ1) is 4.70. The van der Waals surface area contributed by atoms with Gasteiger partial charge in [-0.05, 0) is 12.2 Å². The zero-order valence-electron chi connectivity index (χ0n) is 5.99. The minimum atomic E-state index is -0.401. The fraction of sp³-hybridized carbons (Fsp3) is 0.800. The van der Waals surface area contributed by atoms with Gasteiger partial charge in [0.05, 0.1) is 0 Å². The van der Waals surface area contributed by atoms with Crippen molar-refractivity contribution in [1.82, 2.24) is 0 Å². The second-order valence-electron chi connectivity index (χ2n) is 1.53. The second-order valence-corrected chi connectivity index (χ2v) is 1.93. The average molecular weight is 165 g/mol. The monoisotopic (exact) mass is 165 g/mol. The van der Waals surface area contributed by atoms with Gasteiger partial charge < -0.3 is 19.9 Å². The Morgan fingerprint density at radius 1 is 1.50 bits per heavy atom. The first kappa shape index (κ1) is 9.61. The standard InChI is InChI=1S/C5H11NO3S/c1-7-4(8-2)3-9-5(6)10/h4H,3H2,1-2H3,(H2,6,10). The highest BCUT2D eigenvalue weighted by Gasteiger charge is 2.04. The summed E-state index contributed by atoms with van der Waals surface area (Å²) in [7, 11) is 3.02. The maximum Gasteiger partial charge on any atom is 0.254 e. The van der Waals surface area contributed by atoms with Crippen LogP contribution >= 0.6 is 12.2 Å². The molecule has 0 spiro atoms.